The molecule has 0 aromatic heterocycles. The van der Waals surface area contributed by atoms with Gasteiger partial charge in [-0.3, -0.25) is 0 Å². The minimum atomic E-state index is 0.987. The molecule has 11 heavy (non-hydrogen) atoms. The zero-order valence-corrected chi connectivity index (χ0v) is 8.85. The Balaban J connectivity index is 0.000000461. The monoisotopic (exact) mass is 156 g/mol. The Morgan fingerprint density at radius 3 is 2.00 bits per heavy atom. The summed E-state index contributed by atoms with van der Waals surface area (Å²) in [5, 5.41) is 0. The molecule has 0 saturated heterocycles. The highest BCUT2D eigenvalue weighted by Gasteiger charge is 2.28. The van der Waals surface area contributed by atoms with Gasteiger partial charge in [-0.15, -0.1) is 0 Å². The first-order chi connectivity index (χ1) is 5.24. The molecule has 68 valence electrons. The minimum Gasteiger partial charge on any atom is -0.0683 e. The molecule has 0 amide bonds. The molecule has 0 radical (unpaired) electrons. The highest BCUT2D eigenvalue weighted by atomic mass is 14.3. The molecular formula is C11H24. The Morgan fingerprint density at radius 2 is 1.73 bits per heavy atom. The number of hydrogen-bond acceptors (Lipinski definition) is 0. The van der Waals surface area contributed by atoms with Crippen LogP contribution in [0, 0.1) is 17.8 Å². The molecule has 0 heteroatoms. The van der Waals surface area contributed by atoms with Crippen LogP contribution in [-0.4, -0.2) is 0 Å². The van der Waals surface area contributed by atoms with E-state index in [1.54, 1.807) is 0 Å². The SMILES string of the molecule is CC.CCC(C)C1CC(C)C1. The lowest BCUT2D eigenvalue weighted by Gasteiger charge is -2.36. The van der Waals surface area contributed by atoms with Gasteiger partial charge in [-0.1, -0.05) is 41.0 Å². The van der Waals surface area contributed by atoms with E-state index in [1.807, 2.05) is 13.8 Å². The van der Waals surface area contributed by atoms with E-state index in [2.05, 4.69) is 20.8 Å². The third-order valence-electron chi connectivity index (χ3n) is 2.86. The summed E-state index contributed by atoms with van der Waals surface area (Å²) in [6.45, 7) is 11.0. The van der Waals surface area contributed by atoms with Crippen LogP contribution in [-0.2, 0) is 0 Å². The molecule has 0 bridgehead atoms. The van der Waals surface area contributed by atoms with Gasteiger partial charge in [-0.2, -0.15) is 0 Å². The summed E-state index contributed by atoms with van der Waals surface area (Å²) in [5.41, 5.74) is 0. The molecule has 0 aliphatic heterocycles. The van der Waals surface area contributed by atoms with Crippen LogP contribution in [0.3, 0.4) is 0 Å². The molecule has 0 aromatic rings. The number of rotatable bonds is 2. The van der Waals surface area contributed by atoms with Gasteiger partial charge in [0, 0.05) is 0 Å². The third-order valence-corrected chi connectivity index (χ3v) is 2.86. The van der Waals surface area contributed by atoms with Crippen molar-refractivity contribution in [1.82, 2.24) is 0 Å². The highest BCUT2D eigenvalue weighted by Crippen LogP contribution is 2.39. The molecule has 1 rings (SSSR count). The summed E-state index contributed by atoms with van der Waals surface area (Å²) >= 11 is 0. The summed E-state index contributed by atoms with van der Waals surface area (Å²) in [7, 11) is 0. The Morgan fingerprint density at radius 1 is 1.27 bits per heavy atom. The van der Waals surface area contributed by atoms with E-state index < -0.39 is 0 Å². The van der Waals surface area contributed by atoms with Crippen LogP contribution in [0.1, 0.15) is 53.9 Å². The molecule has 0 heterocycles. The summed E-state index contributed by atoms with van der Waals surface area (Å²) in [6, 6.07) is 0. The second-order valence-electron chi connectivity index (χ2n) is 3.72. The van der Waals surface area contributed by atoms with E-state index in [-0.39, 0.29) is 0 Å². The maximum atomic E-state index is 2.39. The van der Waals surface area contributed by atoms with Crippen molar-refractivity contribution in [2.45, 2.75) is 53.9 Å². The lowest BCUT2D eigenvalue weighted by Crippen LogP contribution is -2.26. The molecule has 1 aliphatic carbocycles. The Bertz CT molecular complexity index is 80.0. The van der Waals surface area contributed by atoms with Crippen LogP contribution in [0.5, 0.6) is 0 Å². The van der Waals surface area contributed by atoms with Crippen LogP contribution in [0.25, 0.3) is 0 Å². The first-order valence-electron chi connectivity index (χ1n) is 5.24. The van der Waals surface area contributed by atoms with Crippen LogP contribution in [0.4, 0.5) is 0 Å². The van der Waals surface area contributed by atoms with Crippen molar-refractivity contribution in [1.29, 1.82) is 0 Å². The molecule has 1 unspecified atom stereocenters. The van der Waals surface area contributed by atoms with Crippen LogP contribution < -0.4 is 0 Å². The lowest BCUT2D eigenvalue weighted by atomic mass is 9.69. The van der Waals surface area contributed by atoms with Crippen molar-refractivity contribution in [3.05, 3.63) is 0 Å². The van der Waals surface area contributed by atoms with Gasteiger partial charge in [-0.05, 0) is 30.6 Å². The van der Waals surface area contributed by atoms with Crippen LogP contribution in [0.15, 0.2) is 0 Å². The second-order valence-corrected chi connectivity index (χ2v) is 3.72. The predicted octanol–water partition coefficient (Wildman–Crippen LogP) is 4.10. The zero-order valence-electron chi connectivity index (χ0n) is 8.85. The standard InChI is InChI=1S/C9H18.C2H6/c1-4-8(3)9-5-7(2)6-9;1-2/h7-9H,4-6H2,1-3H3;1-2H3. The molecule has 0 nitrogen and oxygen atoms in total. The third kappa shape index (κ3) is 3.27. The molecule has 1 aliphatic rings. The van der Waals surface area contributed by atoms with Gasteiger partial charge in [0.25, 0.3) is 0 Å². The summed E-state index contributed by atoms with van der Waals surface area (Å²) in [4.78, 5) is 0. The fourth-order valence-corrected chi connectivity index (χ4v) is 1.76. The van der Waals surface area contributed by atoms with Crippen LogP contribution >= 0.6 is 0 Å². The fraction of sp³-hybridized carbons (Fsp3) is 1.00. The average Bonchev–Trinajstić information content (AvgIpc) is 2.01. The summed E-state index contributed by atoms with van der Waals surface area (Å²) < 4.78 is 0. The lowest BCUT2D eigenvalue weighted by molar-refractivity contribution is 0.144. The molecule has 0 spiro atoms. The largest absolute Gasteiger partial charge is 0.0683 e. The minimum absolute atomic E-state index is 0.987. The topological polar surface area (TPSA) is 0 Å². The number of hydrogen-bond donors (Lipinski definition) is 0. The fourth-order valence-electron chi connectivity index (χ4n) is 1.76. The molecule has 1 atom stereocenters. The normalized spacial score (nSPS) is 31.4. The quantitative estimate of drug-likeness (QED) is 0.564. The maximum Gasteiger partial charge on any atom is -0.0384 e. The highest BCUT2D eigenvalue weighted by molar-refractivity contribution is 4.79. The predicted molar refractivity (Wildman–Crippen MR) is 52.7 cm³/mol. The first-order valence-corrected chi connectivity index (χ1v) is 5.24. The first kappa shape index (κ1) is 11.0. The van der Waals surface area contributed by atoms with Crippen molar-refractivity contribution >= 4 is 0 Å². The van der Waals surface area contributed by atoms with E-state index in [0.29, 0.717) is 0 Å². The molecule has 1 fully saturated rings. The van der Waals surface area contributed by atoms with Gasteiger partial charge in [0.1, 0.15) is 0 Å². The summed E-state index contributed by atoms with van der Waals surface area (Å²) in [6.07, 6.45) is 4.36. The molecular weight excluding hydrogens is 132 g/mol. The van der Waals surface area contributed by atoms with Gasteiger partial charge in [0.15, 0.2) is 0 Å². The molecule has 0 aromatic carbocycles. The Hall–Kier alpha value is 0. The van der Waals surface area contributed by atoms with Gasteiger partial charge in [0.05, 0.1) is 0 Å². The van der Waals surface area contributed by atoms with Gasteiger partial charge >= 0.3 is 0 Å². The van der Waals surface area contributed by atoms with E-state index in [1.165, 1.54) is 19.3 Å². The van der Waals surface area contributed by atoms with E-state index in [4.69, 9.17) is 0 Å². The maximum absolute atomic E-state index is 2.39. The second kappa shape index (κ2) is 5.62. The zero-order chi connectivity index (χ0) is 8.85. The Kier molecular flexibility index (Phi) is 5.62. The van der Waals surface area contributed by atoms with Crippen molar-refractivity contribution in [3.8, 4) is 0 Å². The van der Waals surface area contributed by atoms with Gasteiger partial charge in [0.2, 0.25) is 0 Å². The Labute approximate surface area is 72.4 Å². The van der Waals surface area contributed by atoms with Crippen molar-refractivity contribution in [3.63, 3.8) is 0 Å². The summed E-state index contributed by atoms with van der Waals surface area (Å²) in [5.74, 6) is 3.09. The van der Waals surface area contributed by atoms with Crippen molar-refractivity contribution < 1.29 is 0 Å². The van der Waals surface area contributed by atoms with Gasteiger partial charge < -0.3 is 0 Å². The average molecular weight is 156 g/mol. The van der Waals surface area contributed by atoms with E-state index in [9.17, 15) is 0 Å². The smallest absolute Gasteiger partial charge is 0.0384 e. The molecule has 0 N–H and O–H groups in total. The van der Waals surface area contributed by atoms with Gasteiger partial charge in [-0.25, -0.2) is 0 Å². The van der Waals surface area contributed by atoms with Crippen LogP contribution in [0.2, 0.25) is 0 Å². The molecule has 1 saturated carbocycles. The van der Waals surface area contributed by atoms with E-state index >= 15 is 0 Å². The van der Waals surface area contributed by atoms with Crippen molar-refractivity contribution in [2.24, 2.45) is 17.8 Å². The van der Waals surface area contributed by atoms with E-state index in [0.717, 1.165) is 17.8 Å². The van der Waals surface area contributed by atoms with Crippen molar-refractivity contribution in [2.75, 3.05) is 0 Å².